The highest BCUT2D eigenvalue weighted by molar-refractivity contribution is 5.83. The van der Waals surface area contributed by atoms with Gasteiger partial charge < -0.3 is 0 Å². The zero-order chi connectivity index (χ0) is 18.1. The van der Waals surface area contributed by atoms with Gasteiger partial charge in [0, 0.05) is 5.56 Å². The summed E-state index contributed by atoms with van der Waals surface area (Å²) in [7, 11) is 0. The molecule has 0 fully saturated rings. The largest absolute Gasteiger partial charge is 0.435 e. The average Bonchev–Trinajstić information content (AvgIpc) is 3.04. The summed E-state index contributed by atoms with van der Waals surface area (Å²) in [5.74, 6) is 0. The molecule has 0 bridgehead atoms. The van der Waals surface area contributed by atoms with Gasteiger partial charge in [-0.25, -0.2) is 4.68 Å². The average molecular weight is 354 g/mol. The van der Waals surface area contributed by atoms with E-state index in [0.29, 0.717) is 29.8 Å². The number of benzene rings is 2. The standard InChI is InChI=1S/C21H17F3N2/c22-21(23,24)20-18-13-7-10-16(14-15-8-3-1-4-9-15)19(18)26(25-20)17-11-5-2-6-12-17/h1-6,8-9,11-12,14H,7,10,13H2/b16-14+. The minimum Gasteiger partial charge on any atom is -0.233 e. The molecule has 0 saturated heterocycles. The van der Waals surface area contributed by atoms with E-state index >= 15 is 0 Å². The molecule has 1 aliphatic carbocycles. The summed E-state index contributed by atoms with van der Waals surface area (Å²) in [5, 5.41) is 3.98. The van der Waals surface area contributed by atoms with Gasteiger partial charge in [-0.3, -0.25) is 0 Å². The molecule has 5 heteroatoms. The molecule has 0 spiro atoms. The molecule has 0 saturated carbocycles. The van der Waals surface area contributed by atoms with Gasteiger partial charge in [0.1, 0.15) is 0 Å². The number of fused-ring (bicyclic) bond motifs is 1. The Bertz CT molecular complexity index is 939. The maximum absolute atomic E-state index is 13.6. The van der Waals surface area contributed by atoms with Gasteiger partial charge in [0.15, 0.2) is 5.69 Å². The molecular formula is C21H17F3N2. The Morgan fingerprint density at radius 2 is 1.54 bits per heavy atom. The Labute approximate surface area is 149 Å². The first-order valence-electron chi connectivity index (χ1n) is 8.54. The lowest BCUT2D eigenvalue weighted by Crippen LogP contribution is -2.11. The second kappa shape index (κ2) is 6.48. The second-order valence-electron chi connectivity index (χ2n) is 6.35. The molecule has 0 atom stereocenters. The van der Waals surface area contributed by atoms with Gasteiger partial charge >= 0.3 is 6.18 Å². The molecule has 1 heterocycles. The maximum atomic E-state index is 13.6. The van der Waals surface area contributed by atoms with Crippen LogP contribution < -0.4 is 0 Å². The van der Waals surface area contributed by atoms with Gasteiger partial charge in [-0.05, 0) is 48.6 Å². The summed E-state index contributed by atoms with van der Waals surface area (Å²) in [6, 6.07) is 18.7. The minimum atomic E-state index is -4.46. The van der Waals surface area contributed by atoms with Crippen LogP contribution in [0.25, 0.3) is 17.3 Å². The van der Waals surface area contributed by atoms with Crippen LogP contribution in [0.2, 0.25) is 0 Å². The van der Waals surface area contributed by atoms with Crippen LogP contribution in [-0.4, -0.2) is 9.78 Å². The van der Waals surface area contributed by atoms with Crippen LogP contribution >= 0.6 is 0 Å². The number of aromatic nitrogens is 2. The van der Waals surface area contributed by atoms with E-state index in [2.05, 4.69) is 5.10 Å². The van der Waals surface area contributed by atoms with Crippen molar-refractivity contribution in [3.63, 3.8) is 0 Å². The smallest absolute Gasteiger partial charge is 0.233 e. The molecule has 0 amide bonds. The Morgan fingerprint density at radius 3 is 2.19 bits per heavy atom. The number of allylic oxidation sites excluding steroid dienone is 1. The molecule has 1 aromatic heterocycles. The van der Waals surface area contributed by atoms with Crippen LogP contribution in [0.5, 0.6) is 0 Å². The molecule has 0 unspecified atom stereocenters. The molecule has 132 valence electrons. The van der Waals surface area contributed by atoms with Crippen LogP contribution in [-0.2, 0) is 12.6 Å². The van der Waals surface area contributed by atoms with Gasteiger partial charge in [0.2, 0.25) is 0 Å². The highest BCUT2D eigenvalue weighted by Crippen LogP contribution is 2.41. The van der Waals surface area contributed by atoms with Gasteiger partial charge in [0.25, 0.3) is 0 Å². The molecule has 4 rings (SSSR count). The molecule has 26 heavy (non-hydrogen) atoms. The Kier molecular flexibility index (Phi) is 4.15. The monoisotopic (exact) mass is 354 g/mol. The van der Waals surface area contributed by atoms with E-state index in [4.69, 9.17) is 0 Å². The van der Waals surface area contributed by atoms with E-state index in [0.717, 1.165) is 17.6 Å². The van der Waals surface area contributed by atoms with Crippen molar-refractivity contribution in [1.29, 1.82) is 0 Å². The van der Waals surface area contributed by atoms with Crippen molar-refractivity contribution in [1.82, 2.24) is 9.78 Å². The predicted molar refractivity (Wildman–Crippen MR) is 95.8 cm³/mol. The summed E-state index contributed by atoms with van der Waals surface area (Å²) in [4.78, 5) is 0. The molecule has 3 aromatic rings. The topological polar surface area (TPSA) is 17.8 Å². The Balaban J connectivity index is 1.94. The molecule has 0 radical (unpaired) electrons. The minimum absolute atomic E-state index is 0.301. The highest BCUT2D eigenvalue weighted by atomic mass is 19.4. The number of nitrogens with zero attached hydrogens (tertiary/aromatic N) is 2. The number of hydrogen-bond donors (Lipinski definition) is 0. The van der Waals surface area contributed by atoms with Crippen molar-refractivity contribution in [2.24, 2.45) is 0 Å². The van der Waals surface area contributed by atoms with Crippen LogP contribution in [0.4, 0.5) is 13.2 Å². The van der Waals surface area contributed by atoms with Crippen molar-refractivity contribution in [2.75, 3.05) is 0 Å². The van der Waals surface area contributed by atoms with Crippen molar-refractivity contribution >= 4 is 11.6 Å². The lowest BCUT2D eigenvalue weighted by Gasteiger charge is -2.18. The van der Waals surface area contributed by atoms with Gasteiger partial charge in [0.05, 0.1) is 11.4 Å². The summed E-state index contributed by atoms with van der Waals surface area (Å²) in [5.41, 5.74) is 2.62. The van der Waals surface area contributed by atoms with Crippen molar-refractivity contribution in [2.45, 2.75) is 25.4 Å². The predicted octanol–water partition coefficient (Wildman–Crippen LogP) is 5.77. The van der Waals surface area contributed by atoms with E-state index in [9.17, 15) is 13.2 Å². The third kappa shape index (κ3) is 3.05. The van der Waals surface area contributed by atoms with Gasteiger partial charge in [-0.2, -0.15) is 18.3 Å². The number of rotatable bonds is 2. The summed E-state index contributed by atoms with van der Waals surface area (Å²) in [6.45, 7) is 0. The SMILES string of the molecule is FC(F)(F)c1nn(-c2ccccc2)c2c1CCC/C2=C\c1ccccc1. The number of hydrogen-bond acceptors (Lipinski definition) is 1. The van der Waals surface area contributed by atoms with Gasteiger partial charge in [-0.15, -0.1) is 0 Å². The summed E-state index contributed by atoms with van der Waals surface area (Å²) in [6.07, 6.45) is -0.672. The van der Waals surface area contributed by atoms with E-state index in [1.54, 1.807) is 24.3 Å². The highest BCUT2D eigenvalue weighted by Gasteiger charge is 2.40. The first kappa shape index (κ1) is 16.6. The molecule has 2 nitrogen and oxygen atoms in total. The molecule has 0 N–H and O–H groups in total. The fourth-order valence-electron chi connectivity index (χ4n) is 3.47. The third-order valence-electron chi connectivity index (χ3n) is 4.57. The van der Waals surface area contributed by atoms with Crippen molar-refractivity contribution in [3.8, 4) is 5.69 Å². The van der Waals surface area contributed by atoms with Crippen LogP contribution in [0.3, 0.4) is 0 Å². The van der Waals surface area contributed by atoms with Crippen LogP contribution in [0, 0.1) is 0 Å². The van der Waals surface area contributed by atoms with Gasteiger partial charge in [-0.1, -0.05) is 48.5 Å². The molecule has 2 aromatic carbocycles. The Morgan fingerprint density at radius 1 is 0.885 bits per heavy atom. The number of halogens is 3. The first-order chi connectivity index (χ1) is 12.5. The fraction of sp³-hybridized carbons (Fsp3) is 0.190. The summed E-state index contributed by atoms with van der Waals surface area (Å²) < 4.78 is 42.1. The molecule has 0 aliphatic heterocycles. The third-order valence-corrected chi connectivity index (χ3v) is 4.57. The fourth-order valence-corrected chi connectivity index (χ4v) is 3.47. The lowest BCUT2D eigenvalue weighted by molar-refractivity contribution is -0.142. The van der Waals surface area contributed by atoms with Crippen LogP contribution in [0.1, 0.15) is 35.4 Å². The van der Waals surface area contributed by atoms with E-state index in [1.807, 2.05) is 42.5 Å². The second-order valence-corrected chi connectivity index (χ2v) is 6.35. The lowest BCUT2D eigenvalue weighted by atomic mass is 9.89. The van der Waals surface area contributed by atoms with E-state index in [-0.39, 0.29) is 0 Å². The summed E-state index contributed by atoms with van der Waals surface area (Å²) >= 11 is 0. The van der Waals surface area contributed by atoms with Crippen molar-refractivity contribution in [3.05, 3.63) is 83.2 Å². The molecule has 1 aliphatic rings. The first-order valence-corrected chi connectivity index (χ1v) is 8.54. The van der Waals surface area contributed by atoms with Crippen molar-refractivity contribution < 1.29 is 13.2 Å². The molecular weight excluding hydrogens is 337 g/mol. The normalized spacial score (nSPS) is 15.9. The van der Waals surface area contributed by atoms with E-state index < -0.39 is 11.9 Å². The number of para-hydroxylation sites is 1. The maximum Gasteiger partial charge on any atom is 0.435 e. The van der Waals surface area contributed by atoms with E-state index in [1.165, 1.54) is 4.68 Å². The quantitative estimate of drug-likeness (QED) is 0.571. The van der Waals surface area contributed by atoms with Crippen LogP contribution in [0.15, 0.2) is 60.7 Å². The zero-order valence-corrected chi connectivity index (χ0v) is 14.0. The Hall–Kier alpha value is -2.82. The number of alkyl halides is 3. The zero-order valence-electron chi connectivity index (χ0n) is 14.0.